The number of piperazine rings is 1. The van der Waals surface area contributed by atoms with Crippen molar-refractivity contribution in [2.24, 2.45) is 11.8 Å². The van der Waals surface area contributed by atoms with Gasteiger partial charge in [-0.25, -0.2) is 0 Å². The van der Waals surface area contributed by atoms with Crippen molar-refractivity contribution in [3.63, 3.8) is 0 Å². The highest BCUT2D eigenvalue weighted by atomic mass is 16.5. The number of carbonyl (C=O) groups excluding carboxylic acids is 2. The third-order valence-electron chi connectivity index (χ3n) is 6.20. The van der Waals surface area contributed by atoms with Crippen LogP contribution in [0.5, 0.6) is 0 Å². The van der Waals surface area contributed by atoms with Crippen molar-refractivity contribution in [1.82, 2.24) is 15.1 Å². The molecule has 30 heavy (non-hydrogen) atoms. The van der Waals surface area contributed by atoms with Gasteiger partial charge in [0.25, 0.3) is 0 Å². The summed E-state index contributed by atoms with van der Waals surface area (Å²) in [6.07, 6.45) is 4.70. The van der Waals surface area contributed by atoms with Crippen LogP contribution in [-0.2, 0) is 20.9 Å². The molecule has 1 aliphatic heterocycles. The summed E-state index contributed by atoms with van der Waals surface area (Å²) in [6, 6.07) is 9.84. The molecule has 1 atom stereocenters. The van der Waals surface area contributed by atoms with Crippen LogP contribution in [0.1, 0.15) is 45.1 Å². The van der Waals surface area contributed by atoms with Crippen LogP contribution in [0.3, 0.4) is 0 Å². The number of ether oxygens (including phenoxy) is 1. The van der Waals surface area contributed by atoms with Crippen LogP contribution in [0.2, 0.25) is 0 Å². The summed E-state index contributed by atoms with van der Waals surface area (Å²) >= 11 is 0. The maximum atomic E-state index is 13.0. The van der Waals surface area contributed by atoms with E-state index in [9.17, 15) is 9.59 Å². The zero-order valence-corrected chi connectivity index (χ0v) is 18.5. The fourth-order valence-electron chi connectivity index (χ4n) is 4.53. The second-order valence-electron chi connectivity index (χ2n) is 9.02. The Bertz CT molecular complexity index is 666. The number of hydrogen-bond acceptors (Lipinski definition) is 4. The highest BCUT2D eigenvalue weighted by molar-refractivity contribution is 5.82. The van der Waals surface area contributed by atoms with E-state index in [4.69, 9.17) is 4.74 Å². The minimum atomic E-state index is -0.0576. The molecule has 1 aliphatic carbocycles. The van der Waals surface area contributed by atoms with Crippen LogP contribution in [0, 0.1) is 11.8 Å². The molecule has 1 aromatic carbocycles. The van der Waals surface area contributed by atoms with Gasteiger partial charge in [-0.15, -0.1) is 0 Å². The van der Waals surface area contributed by atoms with E-state index in [2.05, 4.69) is 24.1 Å². The lowest BCUT2D eigenvalue weighted by Gasteiger charge is -2.40. The highest BCUT2D eigenvalue weighted by Crippen LogP contribution is 2.31. The fourth-order valence-corrected chi connectivity index (χ4v) is 4.53. The lowest BCUT2D eigenvalue weighted by molar-refractivity contribution is -0.139. The van der Waals surface area contributed by atoms with Gasteiger partial charge in [0, 0.05) is 32.7 Å². The van der Waals surface area contributed by atoms with Crippen molar-refractivity contribution in [2.75, 3.05) is 39.3 Å². The van der Waals surface area contributed by atoms with Gasteiger partial charge in [0.05, 0.1) is 12.6 Å². The van der Waals surface area contributed by atoms with Gasteiger partial charge in [-0.3, -0.25) is 14.5 Å². The van der Waals surface area contributed by atoms with Crippen LogP contribution >= 0.6 is 0 Å². The van der Waals surface area contributed by atoms with Crippen LogP contribution in [0.25, 0.3) is 0 Å². The Labute approximate surface area is 180 Å². The van der Waals surface area contributed by atoms with Gasteiger partial charge in [-0.05, 0) is 30.2 Å². The highest BCUT2D eigenvalue weighted by Gasteiger charge is 2.37. The average molecular weight is 416 g/mol. The number of benzene rings is 1. The van der Waals surface area contributed by atoms with Crippen molar-refractivity contribution in [3.05, 3.63) is 35.9 Å². The molecule has 2 aliphatic rings. The maximum absolute atomic E-state index is 13.0. The Morgan fingerprint density at radius 1 is 1.07 bits per heavy atom. The van der Waals surface area contributed by atoms with Crippen molar-refractivity contribution in [3.8, 4) is 0 Å². The second-order valence-corrected chi connectivity index (χ2v) is 9.02. The lowest BCUT2D eigenvalue weighted by Crippen LogP contribution is -2.58. The maximum Gasteiger partial charge on any atom is 0.248 e. The number of hydrogen-bond donors (Lipinski definition) is 1. The van der Waals surface area contributed by atoms with Gasteiger partial charge >= 0.3 is 0 Å². The van der Waals surface area contributed by atoms with Crippen molar-refractivity contribution < 1.29 is 14.3 Å². The minimum absolute atomic E-state index is 0.0345. The van der Waals surface area contributed by atoms with E-state index < -0.39 is 0 Å². The van der Waals surface area contributed by atoms with Gasteiger partial charge in [-0.1, -0.05) is 57.0 Å². The number of rotatable bonds is 9. The molecule has 166 valence electrons. The van der Waals surface area contributed by atoms with Gasteiger partial charge in [-0.2, -0.15) is 0 Å². The first-order valence-corrected chi connectivity index (χ1v) is 11.5. The molecule has 3 rings (SSSR count). The molecule has 2 fully saturated rings. The summed E-state index contributed by atoms with van der Waals surface area (Å²) in [5.41, 5.74) is 1.07. The molecule has 0 spiro atoms. The zero-order chi connectivity index (χ0) is 21.3. The molecular formula is C24H37N3O3. The fraction of sp³-hybridized carbons (Fsp3) is 0.667. The molecule has 2 amide bonds. The Morgan fingerprint density at radius 2 is 1.73 bits per heavy atom. The van der Waals surface area contributed by atoms with Crippen LogP contribution in [0.15, 0.2) is 30.3 Å². The first-order valence-electron chi connectivity index (χ1n) is 11.5. The molecule has 0 bridgehead atoms. The van der Waals surface area contributed by atoms with Gasteiger partial charge in [0.1, 0.15) is 6.61 Å². The molecular weight excluding hydrogens is 378 g/mol. The Kier molecular flexibility index (Phi) is 8.70. The van der Waals surface area contributed by atoms with E-state index in [1.54, 1.807) is 0 Å². The van der Waals surface area contributed by atoms with Gasteiger partial charge in [0.2, 0.25) is 11.8 Å². The van der Waals surface area contributed by atoms with E-state index in [0.717, 1.165) is 38.0 Å². The Morgan fingerprint density at radius 3 is 2.37 bits per heavy atom. The summed E-state index contributed by atoms with van der Waals surface area (Å²) in [4.78, 5) is 29.7. The normalized spacial score (nSPS) is 19.2. The number of nitrogens with zero attached hydrogens (tertiary/aromatic N) is 2. The molecule has 1 N–H and O–H groups in total. The largest absolute Gasteiger partial charge is 0.367 e. The predicted octanol–water partition coefficient (Wildman–Crippen LogP) is 2.68. The molecule has 6 nitrogen and oxygen atoms in total. The Balaban J connectivity index is 1.47. The van der Waals surface area contributed by atoms with E-state index in [1.165, 1.54) is 12.8 Å². The number of nitrogens with one attached hydrogen (secondary N) is 1. The summed E-state index contributed by atoms with van der Waals surface area (Å²) in [5, 5.41) is 3.15. The third kappa shape index (κ3) is 6.54. The Hall–Kier alpha value is -1.92. The van der Waals surface area contributed by atoms with E-state index in [1.807, 2.05) is 35.2 Å². The molecule has 0 unspecified atom stereocenters. The SMILES string of the molecule is CC(C)CNC(=O)[C@@H](C1CCCC1)N1CCN(C(=O)COCc2ccccc2)CC1. The summed E-state index contributed by atoms with van der Waals surface area (Å²) in [6.45, 7) is 8.34. The summed E-state index contributed by atoms with van der Waals surface area (Å²) in [7, 11) is 0. The summed E-state index contributed by atoms with van der Waals surface area (Å²) < 4.78 is 5.61. The second kappa shape index (κ2) is 11.5. The molecule has 1 saturated carbocycles. The number of amides is 2. The van der Waals surface area contributed by atoms with Gasteiger partial charge in [0.15, 0.2) is 0 Å². The first-order chi connectivity index (χ1) is 14.5. The number of carbonyl (C=O) groups is 2. The molecule has 0 radical (unpaired) electrons. The average Bonchev–Trinajstić information content (AvgIpc) is 3.28. The zero-order valence-electron chi connectivity index (χ0n) is 18.5. The topological polar surface area (TPSA) is 61.9 Å². The lowest BCUT2D eigenvalue weighted by atomic mass is 9.94. The van der Waals surface area contributed by atoms with Crippen LogP contribution in [0.4, 0.5) is 0 Å². The molecule has 6 heteroatoms. The predicted molar refractivity (Wildman–Crippen MR) is 118 cm³/mol. The first kappa shape index (κ1) is 22.8. The summed E-state index contributed by atoms with van der Waals surface area (Å²) in [5.74, 6) is 1.09. The van der Waals surface area contributed by atoms with Crippen molar-refractivity contribution in [2.45, 2.75) is 52.2 Å². The third-order valence-corrected chi connectivity index (χ3v) is 6.20. The van der Waals surface area contributed by atoms with E-state index in [0.29, 0.717) is 31.5 Å². The van der Waals surface area contributed by atoms with Crippen molar-refractivity contribution in [1.29, 1.82) is 0 Å². The van der Waals surface area contributed by atoms with Crippen molar-refractivity contribution >= 4 is 11.8 Å². The van der Waals surface area contributed by atoms with Gasteiger partial charge < -0.3 is 15.0 Å². The smallest absolute Gasteiger partial charge is 0.248 e. The molecule has 0 aromatic heterocycles. The molecule has 1 saturated heterocycles. The van der Waals surface area contributed by atoms with Crippen LogP contribution < -0.4 is 5.32 Å². The quantitative estimate of drug-likeness (QED) is 0.674. The minimum Gasteiger partial charge on any atom is -0.367 e. The molecule has 1 aromatic rings. The van der Waals surface area contributed by atoms with Crippen LogP contribution in [-0.4, -0.2) is 67.0 Å². The monoisotopic (exact) mass is 415 g/mol. The standard InChI is InChI=1S/C24H37N3O3/c1-19(2)16-25-24(29)23(21-10-6-7-11-21)27-14-12-26(13-15-27)22(28)18-30-17-20-8-4-3-5-9-20/h3-5,8-9,19,21,23H,6-7,10-18H2,1-2H3,(H,25,29)/t23-/m1/s1. The van der Waals surface area contributed by atoms with E-state index >= 15 is 0 Å². The van der Waals surface area contributed by atoms with E-state index in [-0.39, 0.29) is 24.5 Å². The molecule has 1 heterocycles.